The first-order chi connectivity index (χ1) is 12.8. The highest BCUT2D eigenvalue weighted by atomic mass is 35.5. The maximum atomic E-state index is 12.7. The molecule has 0 spiro atoms. The molecule has 0 aliphatic heterocycles. The number of nitro groups is 1. The molecule has 0 saturated carbocycles. The molecule has 3 aromatic rings. The summed E-state index contributed by atoms with van der Waals surface area (Å²) in [6.07, 6.45) is 1.53. The zero-order valence-corrected chi connectivity index (χ0v) is 16.1. The minimum Gasteiger partial charge on any atom is -0.311 e. The Hall–Kier alpha value is -2.63. The van der Waals surface area contributed by atoms with Gasteiger partial charge in [0.15, 0.2) is 5.16 Å². The normalized spacial score (nSPS) is 11.3. The molecule has 3 rings (SSSR count). The lowest BCUT2D eigenvalue weighted by atomic mass is 10.3. The van der Waals surface area contributed by atoms with Crippen molar-refractivity contribution in [2.24, 2.45) is 7.05 Å². The van der Waals surface area contributed by atoms with Crippen molar-refractivity contribution in [3.8, 4) is 0 Å². The highest BCUT2D eigenvalue weighted by Gasteiger charge is 2.22. The van der Waals surface area contributed by atoms with Crippen LogP contribution in [0.15, 0.2) is 63.7 Å². The molecule has 12 heteroatoms. The second-order valence-corrected chi connectivity index (χ2v) is 8.40. The number of nitrogens with one attached hydrogen (secondary N) is 1. The van der Waals surface area contributed by atoms with Crippen LogP contribution in [0.3, 0.4) is 0 Å². The van der Waals surface area contributed by atoms with Gasteiger partial charge in [0.25, 0.3) is 15.7 Å². The predicted octanol–water partition coefficient (Wildman–Crippen LogP) is 3.33. The number of benzene rings is 2. The number of hydrogen-bond donors (Lipinski definition) is 1. The van der Waals surface area contributed by atoms with E-state index in [9.17, 15) is 18.5 Å². The molecular formula is C15H12ClN5O4S2. The minimum absolute atomic E-state index is 0.141. The van der Waals surface area contributed by atoms with Crippen LogP contribution >= 0.6 is 23.4 Å². The smallest absolute Gasteiger partial charge is 0.289 e. The van der Waals surface area contributed by atoms with Crippen molar-refractivity contribution in [2.75, 3.05) is 4.72 Å². The molecule has 1 heterocycles. The first kappa shape index (κ1) is 19.1. The van der Waals surface area contributed by atoms with Crippen LogP contribution in [-0.4, -0.2) is 28.1 Å². The quantitative estimate of drug-likeness (QED) is 0.475. The summed E-state index contributed by atoms with van der Waals surface area (Å²) in [4.78, 5) is 10.6. The molecule has 2 aromatic carbocycles. The van der Waals surface area contributed by atoms with Crippen molar-refractivity contribution in [3.05, 3.63) is 63.9 Å². The lowest BCUT2D eigenvalue weighted by molar-refractivity contribution is -0.384. The van der Waals surface area contributed by atoms with Crippen molar-refractivity contribution in [1.82, 2.24) is 14.8 Å². The van der Waals surface area contributed by atoms with Gasteiger partial charge >= 0.3 is 0 Å². The number of rotatable bonds is 6. The van der Waals surface area contributed by atoms with Crippen LogP contribution in [0, 0.1) is 10.1 Å². The highest BCUT2D eigenvalue weighted by Crippen LogP contribution is 2.34. The van der Waals surface area contributed by atoms with E-state index in [1.54, 1.807) is 35.9 Å². The van der Waals surface area contributed by atoms with Crippen LogP contribution in [0.25, 0.3) is 0 Å². The fourth-order valence-electron chi connectivity index (χ4n) is 2.11. The van der Waals surface area contributed by atoms with E-state index in [1.165, 1.54) is 30.2 Å². The maximum absolute atomic E-state index is 12.7. The number of nitrogens with zero attached hydrogens (tertiary/aromatic N) is 4. The SMILES string of the molecule is Cn1cnnc1Sc1ccccc1NS(=O)(=O)c1ccc(Cl)c([N+](=O)[O-])c1. The molecule has 140 valence electrons. The van der Waals surface area contributed by atoms with E-state index in [-0.39, 0.29) is 9.92 Å². The third-order valence-corrected chi connectivity index (χ3v) is 6.24. The molecular weight excluding hydrogens is 414 g/mol. The van der Waals surface area contributed by atoms with Gasteiger partial charge in [0.1, 0.15) is 11.3 Å². The van der Waals surface area contributed by atoms with Crippen LogP contribution < -0.4 is 4.72 Å². The molecule has 1 N–H and O–H groups in total. The molecule has 0 fully saturated rings. The van der Waals surface area contributed by atoms with Gasteiger partial charge in [-0.15, -0.1) is 10.2 Å². The van der Waals surface area contributed by atoms with Crippen molar-refractivity contribution in [1.29, 1.82) is 0 Å². The molecule has 0 radical (unpaired) electrons. The van der Waals surface area contributed by atoms with Gasteiger partial charge in [0, 0.05) is 18.0 Å². The standard InChI is InChI=1S/C15H12ClN5O4S2/c1-20-9-17-18-15(20)26-14-5-3-2-4-12(14)19-27(24,25)10-6-7-11(16)13(8-10)21(22)23/h2-9,19H,1H3. The zero-order chi connectivity index (χ0) is 19.6. The second-order valence-electron chi connectivity index (χ2n) is 5.30. The van der Waals surface area contributed by atoms with Gasteiger partial charge in [-0.05, 0) is 36.0 Å². The molecule has 27 heavy (non-hydrogen) atoms. The fourth-order valence-corrected chi connectivity index (χ4v) is 4.31. The van der Waals surface area contributed by atoms with Crippen molar-refractivity contribution in [3.63, 3.8) is 0 Å². The molecule has 0 unspecified atom stereocenters. The van der Waals surface area contributed by atoms with E-state index in [2.05, 4.69) is 14.9 Å². The summed E-state index contributed by atoms with van der Waals surface area (Å²) in [5.41, 5.74) is -0.176. The Balaban J connectivity index is 1.94. The maximum Gasteiger partial charge on any atom is 0.289 e. The summed E-state index contributed by atoms with van der Waals surface area (Å²) < 4.78 is 29.5. The Morgan fingerprint density at radius 3 is 2.67 bits per heavy atom. The van der Waals surface area contributed by atoms with Crippen LogP contribution in [0.5, 0.6) is 0 Å². The summed E-state index contributed by atoms with van der Waals surface area (Å²) in [6, 6.07) is 10.0. The van der Waals surface area contributed by atoms with Gasteiger partial charge in [0.05, 0.1) is 15.5 Å². The molecule has 0 bridgehead atoms. The number of anilines is 1. The Morgan fingerprint density at radius 1 is 1.26 bits per heavy atom. The Kier molecular flexibility index (Phi) is 5.35. The molecule has 0 amide bonds. The van der Waals surface area contributed by atoms with Gasteiger partial charge in [-0.3, -0.25) is 14.8 Å². The molecule has 0 atom stereocenters. The lowest BCUT2D eigenvalue weighted by Gasteiger charge is -2.12. The Morgan fingerprint density at radius 2 is 2.00 bits per heavy atom. The average Bonchev–Trinajstić information content (AvgIpc) is 3.01. The van der Waals surface area contributed by atoms with E-state index < -0.39 is 20.6 Å². The molecule has 0 aliphatic rings. The Labute approximate surface area is 163 Å². The van der Waals surface area contributed by atoms with Gasteiger partial charge < -0.3 is 4.57 Å². The number of halogens is 1. The monoisotopic (exact) mass is 425 g/mol. The van der Waals surface area contributed by atoms with Crippen molar-refractivity contribution >= 4 is 44.8 Å². The van der Waals surface area contributed by atoms with E-state index in [4.69, 9.17) is 11.6 Å². The number of nitro benzene ring substituents is 1. The summed E-state index contributed by atoms with van der Waals surface area (Å²) in [5.74, 6) is 0. The van der Waals surface area contributed by atoms with Gasteiger partial charge in [-0.1, -0.05) is 23.7 Å². The number of hydrogen-bond acceptors (Lipinski definition) is 7. The van der Waals surface area contributed by atoms with Crippen LogP contribution in [-0.2, 0) is 17.1 Å². The zero-order valence-electron chi connectivity index (χ0n) is 13.7. The molecule has 0 saturated heterocycles. The topological polar surface area (TPSA) is 120 Å². The predicted molar refractivity (Wildman–Crippen MR) is 100 cm³/mol. The summed E-state index contributed by atoms with van der Waals surface area (Å²) in [6.45, 7) is 0. The molecule has 1 aromatic heterocycles. The molecule has 0 aliphatic carbocycles. The Bertz CT molecular complexity index is 1120. The third-order valence-electron chi connectivity index (χ3n) is 3.43. The molecule has 9 nitrogen and oxygen atoms in total. The van der Waals surface area contributed by atoms with E-state index in [0.717, 1.165) is 6.07 Å². The fraction of sp³-hybridized carbons (Fsp3) is 0.0667. The minimum atomic E-state index is -4.07. The lowest BCUT2D eigenvalue weighted by Crippen LogP contribution is -2.14. The summed E-state index contributed by atoms with van der Waals surface area (Å²) in [7, 11) is -2.30. The van der Waals surface area contributed by atoms with Gasteiger partial charge in [0.2, 0.25) is 0 Å². The average molecular weight is 426 g/mol. The largest absolute Gasteiger partial charge is 0.311 e. The summed E-state index contributed by atoms with van der Waals surface area (Å²) >= 11 is 6.97. The van der Waals surface area contributed by atoms with Crippen molar-refractivity contribution < 1.29 is 13.3 Å². The number of para-hydroxylation sites is 1. The number of aryl methyl sites for hydroxylation is 1. The first-order valence-electron chi connectivity index (χ1n) is 7.35. The second kappa shape index (κ2) is 7.55. The number of sulfonamides is 1. The summed E-state index contributed by atoms with van der Waals surface area (Å²) in [5, 5.41) is 19.2. The van der Waals surface area contributed by atoms with Gasteiger partial charge in [-0.25, -0.2) is 8.42 Å². The van der Waals surface area contributed by atoms with Crippen LogP contribution in [0.1, 0.15) is 0 Å². The van der Waals surface area contributed by atoms with E-state index in [1.807, 2.05) is 0 Å². The van der Waals surface area contributed by atoms with Crippen LogP contribution in [0.2, 0.25) is 5.02 Å². The van der Waals surface area contributed by atoms with Gasteiger partial charge in [-0.2, -0.15) is 0 Å². The third kappa shape index (κ3) is 4.21. The highest BCUT2D eigenvalue weighted by molar-refractivity contribution is 7.99. The van der Waals surface area contributed by atoms with E-state index in [0.29, 0.717) is 15.7 Å². The van der Waals surface area contributed by atoms with E-state index >= 15 is 0 Å². The number of aromatic nitrogens is 3. The van der Waals surface area contributed by atoms with Crippen LogP contribution in [0.4, 0.5) is 11.4 Å². The first-order valence-corrected chi connectivity index (χ1v) is 10.0. The van der Waals surface area contributed by atoms with Crippen molar-refractivity contribution in [2.45, 2.75) is 14.9 Å².